The maximum absolute atomic E-state index is 12.3. The lowest BCUT2D eigenvalue weighted by Gasteiger charge is -2.29. The van der Waals surface area contributed by atoms with E-state index in [2.05, 4.69) is 20.5 Å². The Hall–Kier alpha value is -1.47. The monoisotopic (exact) mass is 349 g/mol. The van der Waals surface area contributed by atoms with Crippen LogP contribution >= 0.6 is 0 Å². The highest BCUT2D eigenvalue weighted by Crippen LogP contribution is 2.30. The van der Waals surface area contributed by atoms with Gasteiger partial charge in [-0.3, -0.25) is 14.8 Å². The third kappa shape index (κ3) is 3.55. The van der Waals surface area contributed by atoms with Gasteiger partial charge in [-0.25, -0.2) is 10.2 Å². The number of nitrogens with one attached hydrogen (secondary N) is 3. The van der Waals surface area contributed by atoms with Crippen molar-refractivity contribution in [2.45, 2.75) is 37.4 Å². The van der Waals surface area contributed by atoms with Gasteiger partial charge in [-0.1, -0.05) is 0 Å². The van der Waals surface area contributed by atoms with E-state index in [1.54, 1.807) is 0 Å². The molecule has 0 saturated carbocycles. The first kappa shape index (κ1) is 16.4. The number of rotatable bonds is 5. The summed E-state index contributed by atoms with van der Waals surface area (Å²) in [6.45, 7) is 1.81. The molecule has 12 heteroatoms. The summed E-state index contributed by atoms with van der Waals surface area (Å²) in [5.41, 5.74) is 5.53. The Balaban J connectivity index is 1.60. The van der Waals surface area contributed by atoms with Crippen LogP contribution in [0, 0.1) is 0 Å². The molecule has 3 amide bonds. The summed E-state index contributed by atoms with van der Waals surface area (Å²) in [4.78, 5) is 25.7. The van der Waals surface area contributed by atoms with Gasteiger partial charge in [0.2, 0.25) is 0 Å². The molecule has 130 valence electrons. The van der Waals surface area contributed by atoms with Gasteiger partial charge < -0.3 is 10.2 Å². The van der Waals surface area contributed by atoms with Crippen LogP contribution in [0.15, 0.2) is 0 Å². The van der Waals surface area contributed by atoms with E-state index >= 15 is 0 Å². The van der Waals surface area contributed by atoms with Gasteiger partial charge in [0, 0.05) is 19.1 Å². The molecule has 0 aromatic rings. The maximum Gasteiger partial charge on any atom is 0.418 e. The Morgan fingerprint density at radius 1 is 1.35 bits per heavy atom. The molecule has 3 heterocycles. The predicted molar refractivity (Wildman–Crippen MR) is 75.9 cm³/mol. The Morgan fingerprint density at radius 3 is 2.78 bits per heavy atom. The molecular formula is C11H19N5O6S. The molecule has 0 radical (unpaired) electrons. The van der Waals surface area contributed by atoms with Crippen molar-refractivity contribution in [2.24, 2.45) is 0 Å². The SMILES string of the molecule is O=C(NNC1CCNC1)[C@@H]1CCC2CN1C(=O)N2OS(=O)(=O)O. The number of hydrogen-bond donors (Lipinski definition) is 4. The third-order valence-electron chi connectivity index (χ3n) is 4.26. The minimum Gasteiger partial charge on any atom is -0.315 e. The topological polar surface area (TPSA) is 140 Å². The van der Waals surface area contributed by atoms with Gasteiger partial charge in [0.1, 0.15) is 6.04 Å². The van der Waals surface area contributed by atoms with E-state index in [0.717, 1.165) is 19.5 Å². The average Bonchev–Trinajstić information content (AvgIpc) is 3.08. The summed E-state index contributed by atoms with van der Waals surface area (Å²) in [5, 5.41) is 3.78. The second-order valence-electron chi connectivity index (χ2n) is 5.83. The molecule has 0 aliphatic carbocycles. The van der Waals surface area contributed by atoms with Crippen LogP contribution in [0.1, 0.15) is 19.3 Å². The quantitative estimate of drug-likeness (QED) is 0.329. The fourth-order valence-electron chi connectivity index (χ4n) is 3.14. The fourth-order valence-corrected chi connectivity index (χ4v) is 3.53. The van der Waals surface area contributed by atoms with Crippen molar-refractivity contribution in [3.05, 3.63) is 0 Å². The number of fused-ring (bicyclic) bond motifs is 2. The average molecular weight is 349 g/mol. The van der Waals surface area contributed by atoms with Crippen molar-refractivity contribution >= 4 is 22.3 Å². The van der Waals surface area contributed by atoms with E-state index in [9.17, 15) is 18.0 Å². The molecule has 2 bridgehead atoms. The Morgan fingerprint density at radius 2 is 2.13 bits per heavy atom. The summed E-state index contributed by atoms with van der Waals surface area (Å²) < 4.78 is 34.7. The number of hydroxylamine groups is 2. The Kier molecular flexibility index (Phi) is 4.42. The molecule has 3 aliphatic heterocycles. The number of carbonyl (C=O) groups excluding carboxylic acids is 2. The van der Waals surface area contributed by atoms with Crippen LogP contribution < -0.4 is 16.2 Å². The highest BCUT2D eigenvalue weighted by atomic mass is 32.3. The number of piperidine rings is 1. The zero-order valence-electron chi connectivity index (χ0n) is 12.3. The van der Waals surface area contributed by atoms with Crippen LogP contribution in [0.2, 0.25) is 0 Å². The van der Waals surface area contributed by atoms with Crippen molar-refractivity contribution in [1.82, 2.24) is 26.1 Å². The summed E-state index contributed by atoms with van der Waals surface area (Å²) in [6, 6.07) is -1.80. The van der Waals surface area contributed by atoms with Crippen LogP contribution in [0.3, 0.4) is 0 Å². The lowest BCUT2D eigenvalue weighted by Crippen LogP contribution is -2.55. The standard InChI is InChI=1S/C11H19N5O6S/c17-10(14-13-7-3-4-12-5-7)9-2-1-8-6-15(9)11(18)16(8)22-23(19,20)21/h7-9,12-13H,1-6H2,(H,14,17)(H,19,20,21)/t7?,8?,9-/m0/s1. The van der Waals surface area contributed by atoms with Crippen molar-refractivity contribution in [2.75, 3.05) is 19.6 Å². The van der Waals surface area contributed by atoms with E-state index in [-0.39, 0.29) is 18.5 Å². The van der Waals surface area contributed by atoms with Crippen LogP contribution in [0.4, 0.5) is 4.79 Å². The van der Waals surface area contributed by atoms with E-state index in [1.807, 2.05) is 0 Å². The molecular weight excluding hydrogens is 330 g/mol. The van der Waals surface area contributed by atoms with Crippen molar-refractivity contribution in [1.29, 1.82) is 0 Å². The first-order valence-corrected chi connectivity index (χ1v) is 8.74. The van der Waals surface area contributed by atoms with Crippen LogP contribution in [-0.2, 0) is 19.5 Å². The number of amides is 3. The molecule has 3 rings (SSSR count). The molecule has 11 nitrogen and oxygen atoms in total. The van der Waals surface area contributed by atoms with E-state index in [0.29, 0.717) is 17.9 Å². The highest BCUT2D eigenvalue weighted by Gasteiger charge is 2.49. The number of urea groups is 1. The van der Waals surface area contributed by atoms with Crippen molar-refractivity contribution in [3.63, 3.8) is 0 Å². The van der Waals surface area contributed by atoms with Gasteiger partial charge >= 0.3 is 16.4 Å². The molecule has 3 fully saturated rings. The van der Waals surface area contributed by atoms with E-state index in [4.69, 9.17) is 4.55 Å². The van der Waals surface area contributed by atoms with Crippen molar-refractivity contribution in [3.8, 4) is 0 Å². The Bertz CT molecular complexity index is 592. The minimum absolute atomic E-state index is 0.143. The summed E-state index contributed by atoms with van der Waals surface area (Å²) in [6.07, 6.45) is 1.69. The number of hydrazine groups is 1. The normalized spacial score (nSPS) is 30.8. The van der Waals surface area contributed by atoms with Gasteiger partial charge in [-0.15, -0.1) is 4.28 Å². The minimum atomic E-state index is -4.78. The van der Waals surface area contributed by atoms with Crippen LogP contribution in [0.25, 0.3) is 0 Å². The number of carbonyl (C=O) groups is 2. The van der Waals surface area contributed by atoms with Crippen LogP contribution in [-0.4, -0.2) is 72.6 Å². The maximum atomic E-state index is 12.3. The molecule has 3 saturated heterocycles. The van der Waals surface area contributed by atoms with Gasteiger partial charge in [0.05, 0.1) is 6.04 Å². The highest BCUT2D eigenvalue weighted by molar-refractivity contribution is 7.80. The molecule has 3 aliphatic rings. The lowest BCUT2D eigenvalue weighted by molar-refractivity contribution is -0.127. The second-order valence-corrected chi connectivity index (χ2v) is 6.84. The van der Waals surface area contributed by atoms with Gasteiger partial charge in [0.15, 0.2) is 0 Å². The van der Waals surface area contributed by atoms with Gasteiger partial charge in [0.25, 0.3) is 5.91 Å². The smallest absolute Gasteiger partial charge is 0.315 e. The van der Waals surface area contributed by atoms with E-state index < -0.39 is 28.5 Å². The fraction of sp³-hybridized carbons (Fsp3) is 0.818. The number of hydrogen-bond acceptors (Lipinski definition) is 7. The molecule has 4 N–H and O–H groups in total. The first-order valence-electron chi connectivity index (χ1n) is 7.38. The van der Waals surface area contributed by atoms with E-state index in [1.165, 1.54) is 4.90 Å². The van der Waals surface area contributed by atoms with Gasteiger partial charge in [-0.2, -0.15) is 13.5 Å². The Labute approximate surface area is 133 Å². The van der Waals surface area contributed by atoms with Crippen LogP contribution in [0.5, 0.6) is 0 Å². The molecule has 3 atom stereocenters. The second kappa shape index (κ2) is 6.20. The largest absolute Gasteiger partial charge is 0.418 e. The summed E-state index contributed by atoms with van der Waals surface area (Å²) in [7, 11) is -4.78. The lowest BCUT2D eigenvalue weighted by atomic mass is 10.0. The zero-order chi connectivity index (χ0) is 16.6. The molecule has 0 spiro atoms. The predicted octanol–water partition coefficient (Wildman–Crippen LogP) is -2.03. The van der Waals surface area contributed by atoms with Crippen molar-refractivity contribution < 1.29 is 26.8 Å². The first-order chi connectivity index (χ1) is 10.8. The molecule has 0 aromatic carbocycles. The zero-order valence-corrected chi connectivity index (χ0v) is 13.1. The van der Waals surface area contributed by atoms with Gasteiger partial charge in [-0.05, 0) is 25.8 Å². The molecule has 23 heavy (non-hydrogen) atoms. The summed E-state index contributed by atoms with van der Waals surface area (Å²) in [5.74, 6) is -0.350. The number of nitrogens with zero attached hydrogens (tertiary/aromatic N) is 2. The molecule has 0 aromatic heterocycles. The third-order valence-corrected chi connectivity index (χ3v) is 4.61. The summed E-state index contributed by atoms with van der Waals surface area (Å²) >= 11 is 0. The molecule has 2 unspecified atom stereocenters.